The van der Waals surface area contributed by atoms with Crippen LogP contribution in [0.3, 0.4) is 0 Å². The van der Waals surface area contributed by atoms with Crippen LogP contribution >= 0.6 is 11.8 Å². The van der Waals surface area contributed by atoms with Crippen molar-refractivity contribution >= 4 is 34.3 Å². The summed E-state index contributed by atoms with van der Waals surface area (Å²) in [6, 6.07) is 17.5. The highest BCUT2D eigenvalue weighted by molar-refractivity contribution is 7.99. The Bertz CT molecular complexity index is 1350. The molecule has 0 saturated carbocycles. The number of fused-ring (bicyclic) bond motifs is 3. The van der Waals surface area contributed by atoms with Gasteiger partial charge in [-0.05, 0) is 31.8 Å². The molecule has 0 spiro atoms. The number of rotatable bonds is 9. The highest BCUT2D eigenvalue weighted by atomic mass is 32.2. The van der Waals surface area contributed by atoms with Gasteiger partial charge in [-0.1, -0.05) is 60.3 Å². The van der Waals surface area contributed by atoms with E-state index in [1.54, 1.807) is 12.1 Å². The van der Waals surface area contributed by atoms with E-state index in [-0.39, 0.29) is 23.3 Å². The molecule has 33 heavy (non-hydrogen) atoms. The number of nitrogens with one attached hydrogen (secondary N) is 1. The van der Waals surface area contributed by atoms with Gasteiger partial charge >= 0.3 is 0 Å². The Hall–Kier alpha value is -3.43. The van der Waals surface area contributed by atoms with E-state index in [1.165, 1.54) is 16.3 Å². The number of para-hydroxylation sites is 1. The molecule has 0 aliphatic heterocycles. The van der Waals surface area contributed by atoms with Crippen molar-refractivity contribution in [2.24, 2.45) is 0 Å². The normalized spacial score (nSPS) is 12.3. The third-order valence-corrected chi connectivity index (χ3v) is 6.35. The monoisotopic (exact) mass is 462 g/mol. The molecule has 9 heteroatoms. The van der Waals surface area contributed by atoms with Crippen molar-refractivity contribution in [2.45, 2.75) is 17.7 Å². The lowest BCUT2D eigenvalue weighted by molar-refractivity contribution is -0.118. The minimum atomic E-state index is -0.143. The first kappa shape index (κ1) is 22.8. The van der Waals surface area contributed by atoms with Crippen LogP contribution in [0.5, 0.6) is 0 Å². The SMILES string of the molecule is C=CCn1c(=O)c2ccccc2n2c(SCC(=O)NCC(c3ccccc3)N(C)C)nnc12. The Labute approximate surface area is 195 Å². The molecular formula is C24H26N6O2S. The zero-order valence-corrected chi connectivity index (χ0v) is 19.5. The quantitative estimate of drug-likeness (QED) is 0.304. The highest BCUT2D eigenvalue weighted by Crippen LogP contribution is 2.22. The molecule has 1 amide bonds. The van der Waals surface area contributed by atoms with Gasteiger partial charge in [-0.25, -0.2) is 0 Å². The standard InChI is InChI=1S/C24H26N6O2S/c1-4-14-29-22(32)18-12-8-9-13-19(18)30-23(29)26-27-24(30)33-16-21(31)25-15-20(28(2)3)17-10-6-5-7-11-17/h4-13,20H,1,14-16H2,2-3H3,(H,25,31). The van der Waals surface area contributed by atoms with E-state index < -0.39 is 0 Å². The summed E-state index contributed by atoms with van der Waals surface area (Å²) >= 11 is 1.29. The van der Waals surface area contributed by atoms with Gasteiger partial charge in [0.1, 0.15) is 0 Å². The molecule has 0 aliphatic rings. The van der Waals surface area contributed by atoms with Crippen molar-refractivity contribution in [3.8, 4) is 0 Å². The topological polar surface area (TPSA) is 84.5 Å². The average Bonchev–Trinajstić information content (AvgIpc) is 3.25. The molecule has 1 N–H and O–H groups in total. The van der Waals surface area contributed by atoms with Gasteiger partial charge in [-0.15, -0.1) is 16.8 Å². The summed E-state index contributed by atoms with van der Waals surface area (Å²) in [5, 5.41) is 12.6. The second-order valence-electron chi connectivity index (χ2n) is 7.82. The van der Waals surface area contributed by atoms with Crippen LogP contribution in [0.15, 0.2) is 77.2 Å². The third-order valence-electron chi connectivity index (χ3n) is 5.42. The number of carbonyl (C=O) groups is 1. The molecule has 4 aromatic rings. The number of allylic oxidation sites excluding steroid dienone is 1. The molecule has 0 bridgehead atoms. The van der Waals surface area contributed by atoms with Gasteiger partial charge in [0.25, 0.3) is 5.56 Å². The summed E-state index contributed by atoms with van der Waals surface area (Å²) in [4.78, 5) is 27.6. The summed E-state index contributed by atoms with van der Waals surface area (Å²) in [5.74, 6) is 0.520. The van der Waals surface area contributed by atoms with E-state index in [9.17, 15) is 9.59 Å². The fourth-order valence-electron chi connectivity index (χ4n) is 3.79. The number of hydrogen-bond donors (Lipinski definition) is 1. The highest BCUT2D eigenvalue weighted by Gasteiger charge is 2.18. The van der Waals surface area contributed by atoms with Gasteiger partial charge in [0.2, 0.25) is 11.7 Å². The van der Waals surface area contributed by atoms with Crippen molar-refractivity contribution in [3.63, 3.8) is 0 Å². The van der Waals surface area contributed by atoms with E-state index >= 15 is 0 Å². The molecule has 0 fully saturated rings. The van der Waals surface area contributed by atoms with Crippen molar-refractivity contribution in [1.29, 1.82) is 0 Å². The fourth-order valence-corrected chi connectivity index (χ4v) is 4.56. The minimum absolute atomic E-state index is 0.0753. The molecule has 0 saturated heterocycles. The molecule has 0 aliphatic carbocycles. The maximum atomic E-state index is 12.9. The summed E-state index contributed by atoms with van der Waals surface area (Å²) in [7, 11) is 3.99. The van der Waals surface area contributed by atoms with Gasteiger partial charge in [0.05, 0.1) is 22.7 Å². The van der Waals surface area contributed by atoms with Gasteiger partial charge in [0, 0.05) is 13.1 Å². The number of thioether (sulfide) groups is 1. The summed E-state index contributed by atoms with van der Waals surface area (Å²) in [6.07, 6.45) is 1.65. The minimum Gasteiger partial charge on any atom is -0.353 e. The molecule has 1 atom stereocenters. The Morgan fingerprint density at radius 2 is 1.88 bits per heavy atom. The predicted molar refractivity (Wildman–Crippen MR) is 132 cm³/mol. The summed E-state index contributed by atoms with van der Waals surface area (Å²) in [6.45, 7) is 4.56. The molecule has 8 nitrogen and oxygen atoms in total. The van der Waals surface area contributed by atoms with Gasteiger partial charge < -0.3 is 10.2 Å². The molecule has 1 unspecified atom stereocenters. The smallest absolute Gasteiger partial charge is 0.263 e. The van der Waals surface area contributed by atoms with Crippen LogP contribution in [0, 0.1) is 0 Å². The number of aromatic nitrogens is 4. The Balaban J connectivity index is 1.53. The largest absolute Gasteiger partial charge is 0.353 e. The summed E-state index contributed by atoms with van der Waals surface area (Å²) < 4.78 is 3.36. The Morgan fingerprint density at radius 3 is 2.61 bits per heavy atom. The predicted octanol–water partition coefficient (Wildman–Crippen LogP) is 2.74. The van der Waals surface area contributed by atoms with Crippen molar-refractivity contribution in [3.05, 3.63) is 83.2 Å². The zero-order valence-electron chi connectivity index (χ0n) is 18.6. The molecule has 4 rings (SSSR count). The molecule has 170 valence electrons. The average molecular weight is 463 g/mol. The molecule has 0 radical (unpaired) electrons. The maximum absolute atomic E-state index is 12.9. The van der Waals surface area contributed by atoms with Gasteiger partial charge in [-0.2, -0.15) is 0 Å². The van der Waals surface area contributed by atoms with Crippen LogP contribution in [-0.2, 0) is 11.3 Å². The van der Waals surface area contributed by atoms with Gasteiger partial charge in [0.15, 0.2) is 5.16 Å². The van der Waals surface area contributed by atoms with Crippen LogP contribution in [-0.4, -0.2) is 56.4 Å². The van der Waals surface area contributed by atoms with Crippen LogP contribution in [0.4, 0.5) is 0 Å². The number of hydrogen-bond acceptors (Lipinski definition) is 6. The lowest BCUT2D eigenvalue weighted by Gasteiger charge is -2.25. The van der Waals surface area contributed by atoms with Crippen molar-refractivity contribution in [2.75, 3.05) is 26.4 Å². The van der Waals surface area contributed by atoms with Crippen LogP contribution in [0.2, 0.25) is 0 Å². The number of carbonyl (C=O) groups excluding carboxylic acids is 1. The molecule has 2 aromatic carbocycles. The van der Waals surface area contributed by atoms with Crippen molar-refractivity contribution in [1.82, 2.24) is 29.4 Å². The zero-order chi connectivity index (χ0) is 23.4. The van der Waals surface area contributed by atoms with Crippen LogP contribution < -0.4 is 10.9 Å². The van der Waals surface area contributed by atoms with E-state index in [1.807, 2.05) is 54.9 Å². The lowest BCUT2D eigenvalue weighted by atomic mass is 10.1. The third kappa shape index (κ3) is 4.69. The number of nitrogens with zero attached hydrogens (tertiary/aromatic N) is 5. The Morgan fingerprint density at radius 1 is 1.15 bits per heavy atom. The van der Waals surface area contributed by atoms with Gasteiger partial charge in [-0.3, -0.25) is 18.6 Å². The molecule has 2 heterocycles. The first-order valence-electron chi connectivity index (χ1n) is 10.6. The van der Waals surface area contributed by atoms with E-state index in [0.29, 0.717) is 34.9 Å². The van der Waals surface area contributed by atoms with Crippen LogP contribution in [0.25, 0.3) is 16.7 Å². The fraction of sp³-hybridized carbons (Fsp3) is 0.250. The Kier molecular flexibility index (Phi) is 6.90. The van der Waals surface area contributed by atoms with Crippen LogP contribution in [0.1, 0.15) is 11.6 Å². The first-order chi connectivity index (χ1) is 16.0. The summed E-state index contributed by atoms with van der Waals surface area (Å²) in [5.41, 5.74) is 1.71. The number of benzene rings is 2. The van der Waals surface area contributed by atoms with Crippen molar-refractivity contribution < 1.29 is 4.79 Å². The van der Waals surface area contributed by atoms with E-state index in [2.05, 4.69) is 39.1 Å². The van der Waals surface area contributed by atoms with E-state index in [4.69, 9.17) is 0 Å². The first-order valence-corrected chi connectivity index (χ1v) is 11.6. The van der Waals surface area contributed by atoms with E-state index in [0.717, 1.165) is 5.56 Å². The second-order valence-corrected chi connectivity index (χ2v) is 8.76. The number of amides is 1. The maximum Gasteiger partial charge on any atom is 0.263 e. The lowest BCUT2D eigenvalue weighted by Crippen LogP contribution is -2.35. The number of likely N-dealkylation sites (N-methyl/N-ethyl adjacent to an activating group) is 1. The molecule has 2 aromatic heterocycles. The second kappa shape index (κ2) is 10.0. The molecular weight excluding hydrogens is 436 g/mol.